The number of carboxylic acid groups (broad SMARTS) is 1. The first kappa shape index (κ1) is 14.5. The van der Waals surface area contributed by atoms with E-state index in [0.29, 0.717) is 0 Å². The molecule has 1 aromatic rings. The fourth-order valence-corrected chi connectivity index (χ4v) is 1.57. The third kappa shape index (κ3) is 3.24. The highest BCUT2D eigenvalue weighted by Gasteiger charge is 2.35. The van der Waals surface area contributed by atoms with Crippen molar-refractivity contribution in [3.05, 3.63) is 17.5 Å². The minimum Gasteiger partial charge on any atom is -0.481 e. The molecule has 0 aliphatic rings. The fraction of sp³-hybridized carbons (Fsp3) is 0.636. The Labute approximate surface area is 102 Å². The van der Waals surface area contributed by atoms with Crippen LogP contribution in [0, 0.1) is 5.92 Å². The lowest BCUT2D eigenvalue weighted by Gasteiger charge is -2.12. The summed E-state index contributed by atoms with van der Waals surface area (Å²) < 4.78 is 38.9. The van der Waals surface area contributed by atoms with Crippen LogP contribution in [0.5, 0.6) is 0 Å². The summed E-state index contributed by atoms with van der Waals surface area (Å²) in [5.41, 5.74) is -0.698. The lowest BCUT2D eigenvalue weighted by molar-refractivity contribution is -0.142. The van der Waals surface area contributed by atoms with Crippen LogP contribution in [0.2, 0.25) is 0 Å². The zero-order valence-corrected chi connectivity index (χ0v) is 10.3. The highest BCUT2D eigenvalue weighted by molar-refractivity contribution is 5.69. The summed E-state index contributed by atoms with van der Waals surface area (Å²) >= 11 is 0. The summed E-state index contributed by atoms with van der Waals surface area (Å²) in [5.74, 6) is -1.79. The number of hydrogen-bond donors (Lipinski definition) is 1. The van der Waals surface area contributed by atoms with Gasteiger partial charge >= 0.3 is 12.1 Å². The first-order valence-electron chi connectivity index (χ1n) is 5.51. The van der Waals surface area contributed by atoms with E-state index in [1.54, 1.807) is 13.8 Å². The first-order valence-corrected chi connectivity index (χ1v) is 5.51. The minimum atomic E-state index is -4.51. The molecule has 0 bridgehead atoms. The number of rotatable bonds is 4. The zero-order valence-electron chi connectivity index (χ0n) is 10.3. The lowest BCUT2D eigenvalue weighted by Crippen LogP contribution is -2.16. The number of carboxylic acids is 1. The number of nitrogens with zero attached hydrogens (tertiary/aromatic N) is 2. The molecule has 0 saturated heterocycles. The molecule has 0 radical (unpaired) electrons. The van der Waals surface area contributed by atoms with E-state index in [-0.39, 0.29) is 18.2 Å². The van der Waals surface area contributed by atoms with Crippen LogP contribution < -0.4 is 0 Å². The summed E-state index contributed by atoms with van der Waals surface area (Å²) in [6.45, 7) is 4.84. The second-order valence-electron chi connectivity index (χ2n) is 4.50. The van der Waals surface area contributed by atoms with Gasteiger partial charge in [0.1, 0.15) is 0 Å². The molecule has 0 spiro atoms. The molecule has 4 nitrogen and oxygen atoms in total. The Morgan fingerprint density at radius 3 is 2.39 bits per heavy atom. The van der Waals surface area contributed by atoms with Gasteiger partial charge in [-0.3, -0.25) is 9.48 Å². The topological polar surface area (TPSA) is 55.1 Å². The molecular formula is C11H15F3N2O2. The smallest absolute Gasteiger partial charge is 0.435 e. The second-order valence-corrected chi connectivity index (χ2v) is 4.50. The predicted molar refractivity (Wildman–Crippen MR) is 58.1 cm³/mol. The molecule has 1 N–H and O–H groups in total. The van der Waals surface area contributed by atoms with Crippen LogP contribution in [0.1, 0.15) is 38.2 Å². The molecule has 0 saturated carbocycles. The van der Waals surface area contributed by atoms with Crippen molar-refractivity contribution in [3.63, 3.8) is 0 Å². The van der Waals surface area contributed by atoms with Crippen LogP contribution in [-0.2, 0) is 17.4 Å². The summed E-state index contributed by atoms with van der Waals surface area (Å²) in [4.78, 5) is 10.7. The molecule has 1 rings (SSSR count). The number of halogens is 3. The van der Waals surface area contributed by atoms with Gasteiger partial charge in [-0.2, -0.15) is 18.3 Å². The van der Waals surface area contributed by atoms with E-state index in [1.807, 2.05) is 0 Å². The van der Waals surface area contributed by atoms with E-state index in [0.717, 1.165) is 6.07 Å². The maximum absolute atomic E-state index is 12.5. The largest absolute Gasteiger partial charge is 0.481 e. The molecule has 0 fully saturated rings. The van der Waals surface area contributed by atoms with E-state index in [1.165, 1.54) is 11.6 Å². The summed E-state index contributed by atoms with van der Waals surface area (Å²) in [7, 11) is 0. The number of aromatic nitrogens is 2. The molecule has 1 unspecified atom stereocenters. The predicted octanol–water partition coefficient (Wildman–Crippen LogP) is 2.75. The van der Waals surface area contributed by atoms with Crippen molar-refractivity contribution in [2.24, 2.45) is 5.92 Å². The van der Waals surface area contributed by atoms with Gasteiger partial charge in [-0.05, 0) is 19.9 Å². The van der Waals surface area contributed by atoms with Crippen molar-refractivity contribution in [1.29, 1.82) is 0 Å². The third-order valence-electron chi connectivity index (χ3n) is 2.53. The molecule has 7 heteroatoms. The Kier molecular flexibility index (Phi) is 4.03. The average Bonchev–Trinajstić information content (AvgIpc) is 2.60. The highest BCUT2D eigenvalue weighted by atomic mass is 19.4. The van der Waals surface area contributed by atoms with Gasteiger partial charge in [0.25, 0.3) is 0 Å². The summed E-state index contributed by atoms with van der Waals surface area (Å²) in [5, 5.41) is 12.3. The second kappa shape index (κ2) is 4.99. The van der Waals surface area contributed by atoms with Crippen molar-refractivity contribution in [3.8, 4) is 0 Å². The molecule has 0 amide bonds. The Hall–Kier alpha value is -1.53. The van der Waals surface area contributed by atoms with Crippen molar-refractivity contribution >= 4 is 5.97 Å². The van der Waals surface area contributed by atoms with E-state index in [4.69, 9.17) is 5.11 Å². The molecule has 0 aromatic carbocycles. The molecule has 0 aliphatic heterocycles. The molecule has 18 heavy (non-hydrogen) atoms. The van der Waals surface area contributed by atoms with Crippen molar-refractivity contribution < 1.29 is 23.1 Å². The fourth-order valence-electron chi connectivity index (χ4n) is 1.57. The maximum Gasteiger partial charge on any atom is 0.435 e. The van der Waals surface area contributed by atoms with Gasteiger partial charge < -0.3 is 5.11 Å². The van der Waals surface area contributed by atoms with Gasteiger partial charge in [0, 0.05) is 18.2 Å². The van der Waals surface area contributed by atoms with Gasteiger partial charge in [0.15, 0.2) is 5.69 Å². The third-order valence-corrected chi connectivity index (χ3v) is 2.53. The van der Waals surface area contributed by atoms with Gasteiger partial charge in [-0.1, -0.05) is 6.92 Å². The van der Waals surface area contributed by atoms with Gasteiger partial charge in [-0.25, -0.2) is 0 Å². The first-order chi connectivity index (χ1) is 8.12. The SMILES string of the molecule is CC(Cc1cc(C(F)(F)F)nn1C(C)C)C(=O)O. The molecule has 1 aromatic heterocycles. The normalized spacial score (nSPS) is 13.9. The monoisotopic (exact) mass is 264 g/mol. The highest BCUT2D eigenvalue weighted by Crippen LogP contribution is 2.30. The lowest BCUT2D eigenvalue weighted by atomic mass is 10.1. The summed E-state index contributed by atoms with van der Waals surface area (Å²) in [6.07, 6.45) is -4.49. The molecule has 102 valence electrons. The Morgan fingerprint density at radius 1 is 1.44 bits per heavy atom. The van der Waals surface area contributed by atoms with Crippen LogP contribution in [0.25, 0.3) is 0 Å². The number of hydrogen-bond acceptors (Lipinski definition) is 2. The van der Waals surface area contributed by atoms with Gasteiger partial charge in [-0.15, -0.1) is 0 Å². The maximum atomic E-state index is 12.5. The van der Waals surface area contributed by atoms with E-state index in [2.05, 4.69) is 5.10 Å². The van der Waals surface area contributed by atoms with Crippen LogP contribution in [-0.4, -0.2) is 20.9 Å². The Balaban J connectivity index is 3.09. The Morgan fingerprint density at radius 2 is 2.00 bits per heavy atom. The Bertz CT molecular complexity index is 438. The van der Waals surface area contributed by atoms with E-state index >= 15 is 0 Å². The number of aliphatic carboxylic acids is 1. The van der Waals surface area contributed by atoms with Gasteiger partial charge in [0.05, 0.1) is 5.92 Å². The van der Waals surface area contributed by atoms with Crippen molar-refractivity contribution in [1.82, 2.24) is 9.78 Å². The van der Waals surface area contributed by atoms with E-state index in [9.17, 15) is 18.0 Å². The van der Waals surface area contributed by atoms with Crippen LogP contribution in [0.15, 0.2) is 6.07 Å². The standard InChI is InChI=1S/C11H15F3N2O2/c1-6(2)16-8(4-7(3)10(17)18)5-9(15-16)11(12,13)14/h5-7H,4H2,1-3H3,(H,17,18). The quantitative estimate of drug-likeness (QED) is 0.909. The van der Waals surface area contributed by atoms with Crippen molar-refractivity contribution in [2.75, 3.05) is 0 Å². The van der Waals surface area contributed by atoms with Crippen LogP contribution in [0.4, 0.5) is 13.2 Å². The average molecular weight is 264 g/mol. The van der Waals surface area contributed by atoms with Crippen LogP contribution >= 0.6 is 0 Å². The minimum absolute atomic E-state index is 0.0244. The number of alkyl halides is 3. The van der Waals surface area contributed by atoms with E-state index < -0.39 is 23.8 Å². The molecule has 1 atom stereocenters. The van der Waals surface area contributed by atoms with Crippen molar-refractivity contribution in [2.45, 2.75) is 39.4 Å². The molecule has 1 heterocycles. The molecule has 0 aliphatic carbocycles. The zero-order chi connectivity index (χ0) is 14.1. The summed E-state index contributed by atoms with van der Waals surface area (Å²) in [6, 6.07) is 0.663. The van der Waals surface area contributed by atoms with Gasteiger partial charge in [0.2, 0.25) is 0 Å². The number of carbonyl (C=O) groups is 1. The van der Waals surface area contributed by atoms with Crippen LogP contribution in [0.3, 0.4) is 0 Å². The molecular weight excluding hydrogens is 249 g/mol.